The van der Waals surface area contributed by atoms with Gasteiger partial charge in [-0.05, 0) is 60.3 Å². The molecule has 5 fully saturated rings. The van der Waals surface area contributed by atoms with Crippen LogP contribution in [0, 0.1) is 30.6 Å². The first kappa shape index (κ1) is 27.0. The van der Waals surface area contributed by atoms with Crippen molar-refractivity contribution >= 4 is 23.2 Å². The van der Waals surface area contributed by atoms with Gasteiger partial charge in [0.2, 0.25) is 5.91 Å². The Labute approximate surface area is 223 Å². The van der Waals surface area contributed by atoms with Crippen molar-refractivity contribution in [1.29, 1.82) is 0 Å². The predicted molar refractivity (Wildman–Crippen MR) is 141 cm³/mol. The van der Waals surface area contributed by atoms with Crippen LogP contribution in [0.15, 0.2) is 0 Å². The second-order valence-electron chi connectivity index (χ2n) is 12.5. The Morgan fingerprint density at radius 2 is 2.03 bits per heavy atom. The van der Waals surface area contributed by atoms with Gasteiger partial charge in [-0.3, -0.25) is 9.59 Å². The monoisotopic (exact) mass is 534 g/mol. The fraction of sp³-hybridized carbons (Fsp3) is 0.815. The minimum absolute atomic E-state index is 0.0400. The highest BCUT2D eigenvalue weighted by Gasteiger charge is 2.55. The van der Waals surface area contributed by atoms with Gasteiger partial charge in [0.25, 0.3) is 5.91 Å². The maximum atomic E-state index is 13.7. The van der Waals surface area contributed by atoms with Crippen LogP contribution in [-0.2, 0) is 14.3 Å². The van der Waals surface area contributed by atoms with E-state index in [1.807, 2.05) is 25.7 Å². The number of nitrogens with one attached hydrogen (secondary N) is 2. The largest absolute Gasteiger partial charge is 0.388 e. The quantitative estimate of drug-likeness (QED) is 0.468. The number of carbonyl (C=O) groups excluding carboxylic acids is 2. The number of carbonyl (C=O) groups is 2. The van der Waals surface area contributed by atoms with Crippen LogP contribution in [-0.4, -0.2) is 90.0 Å². The zero-order valence-corrected chi connectivity index (χ0v) is 23.6. The van der Waals surface area contributed by atoms with Crippen molar-refractivity contribution in [3.05, 3.63) is 15.6 Å². The highest BCUT2D eigenvalue weighted by atomic mass is 32.1. The molecule has 3 N–H and O–H groups in total. The van der Waals surface area contributed by atoms with E-state index in [0.29, 0.717) is 43.8 Å². The molecule has 4 aliphatic heterocycles. The molecule has 1 unspecified atom stereocenters. The molecule has 1 spiro atoms. The fourth-order valence-corrected chi connectivity index (χ4v) is 7.57. The molecule has 5 aliphatic rings. The first-order valence-electron chi connectivity index (χ1n) is 13.6. The van der Waals surface area contributed by atoms with Crippen LogP contribution in [0.4, 0.5) is 0 Å². The lowest BCUT2D eigenvalue weighted by Gasteiger charge is -2.47. The molecule has 2 bridgehead atoms. The van der Waals surface area contributed by atoms with E-state index in [4.69, 9.17) is 9.47 Å². The van der Waals surface area contributed by atoms with Crippen molar-refractivity contribution < 1.29 is 24.2 Å². The third kappa shape index (κ3) is 5.20. The lowest BCUT2D eigenvalue weighted by Crippen LogP contribution is -2.63. The average molecular weight is 535 g/mol. The number of aliphatic hydroxyl groups is 1. The standard InChI is InChI=1S/C27H42N4O5S/c1-16-21(37-18(3)29-16)24(33)31-10-20(27(13-31)11-28-12-27)23(32)30-22(25(4,5)34)17(2)35-14-26-8-6-19(7-9-26)36-15-26/h17,19-20,22,28,34H,6-15H2,1-5H3,(H,30,32)/t17-,19?,20+,22?,26?/m1/s1. The second kappa shape index (κ2) is 9.86. The fourth-order valence-electron chi connectivity index (χ4n) is 6.68. The van der Waals surface area contributed by atoms with Gasteiger partial charge >= 0.3 is 0 Å². The number of aromatic nitrogens is 1. The van der Waals surface area contributed by atoms with E-state index in [1.54, 1.807) is 13.8 Å². The minimum atomic E-state index is -1.18. The highest BCUT2D eigenvalue weighted by Crippen LogP contribution is 2.44. The lowest BCUT2D eigenvalue weighted by atomic mass is 9.72. The summed E-state index contributed by atoms with van der Waals surface area (Å²) in [4.78, 5) is 34.0. The summed E-state index contributed by atoms with van der Waals surface area (Å²) in [7, 11) is 0. The topological polar surface area (TPSA) is 113 Å². The molecule has 5 heterocycles. The Morgan fingerprint density at radius 1 is 1.32 bits per heavy atom. The number of nitrogens with zero attached hydrogens (tertiary/aromatic N) is 2. The molecule has 9 nitrogen and oxygen atoms in total. The minimum Gasteiger partial charge on any atom is -0.388 e. The van der Waals surface area contributed by atoms with Crippen LogP contribution in [0.3, 0.4) is 0 Å². The normalized spacial score (nSPS) is 30.3. The van der Waals surface area contributed by atoms with Crippen molar-refractivity contribution in [3.63, 3.8) is 0 Å². The van der Waals surface area contributed by atoms with Gasteiger partial charge in [-0.25, -0.2) is 4.98 Å². The van der Waals surface area contributed by atoms with Gasteiger partial charge in [-0.15, -0.1) is 11.3 Å². The Hall–Kier alpha value is -1.59. The van der Waals surface area contributed by atoms with Gasteiger partial charge in [-0.2, -0.15) is 0 Å². The van der Waals surface area contributed by atoms with Crippen molar-refractivity contribution in [3.8, 4) is 0 Å². The van der Waals surface area contributed by atoms with Crippen LogP contribution in [0.5, 0.6) is 0 Å². The Bertz CT molecular complexity index is 1010. The third-order valence-corrected chi connectivity index (χ3v) is 10.2. The van der Waals surface area contributed by atoms with Crippen molar-refractivity contribution in [2.45, 2.75) is 84.2 Å². The van der Waals surface area contributed by atoms with Gasteiger partial charge in [0, 0.05) is 37.0 Å². The summed E-state index contributed by atoms with van der Waals surface area (Å²) in [5.41, 5.74) is -0.688. The Balaban J connectivity index is 1.26. The van der Waals surface area contributed by atoms with E-state index in [2.05, 4.69) is 15.6 Å². The molecule has 1 aliphatic carbocycles. The van der Waals surface area contributed by atoms with Crippen LogP contribution in [0.1, 0.15) is 66.8 Å². The van der Waals surface area contributed by atoms with E-state index in [9.17, 15) is 14.7 Å². The van der Waals surface area contributed by atoms with Crippen molar-refractivity contribution in [2.24, 2.45) is 16.7 Å². The molecule has 37 heavy (non-hydrogen) atoms. The molecular formula is C27H42N4O5S. The molecule has 1 aromatic rings. The van der Waals surface area contributed by atoms with Gasteiger partial charge in [0.15, 0.2) is 0 Å². The molecule has 1 aromatic heterocycles. The summed E-state index contributed by atoms with van der Waals surface area (Å²) in [5.74, 6) is -0.537. The molecule has 2 amide bonds. The molecule has 0 aromatic carbocycles. The number of hydrogen-bond donors (Lipinski definition) is 3. The summed E-state index contributed by atoms with van der Waals surface area (Å²) in [6.45, 7) is 12.7. The smallest absolute Gasteiger partial charge is 0.265 e. The maximum Gasteiger partial charge on any atom is 0.265 e. The SMILES string of the molecule is Cc1nc(C)c(C(=O)N2C[C@@H](C(=O)NC([C@@H](C)OCC34CCC(CC3)OC4)C(C)(C)O)C3(CNC3)C2)s1. The van der Waals surface area contributed by atoms with Crippen molar-refractivity contribution in [2.75, 3.05) is 39.4 Å². The number of likely N-dealkylation sites (tertiary alicyclic amines) is 1. The number of aryl methyl sites for hydroxylation is 2. The number of hydrogen-bond acceptors (Lipinski definition) is 8. The summed E-state index contributed by atoms with van der Waals surface area (Å²) in [5, 5.41) is 18.3. The van der Waals surface area contributed by atoms with Crippen LogP contribution in [0.25, 0.3) is 0 Å². The molecule has 3 atom stereocenters. The third-order valence-electron chi connectivity index (χ3n) is 9.10. The summed E-state index contributed by atoms with van der Waals surface area (Å²) >= 11 is 1.41. The second-order valence-corrected chi connectivity index (χ2v) is 13.7. The zero-order chi connectivity index (χ0) is 26.6. The molecule has 206 valence electrons. The van der Waals surface area contributed by atoms with Crippen LogP contribution in [0.2, 0.25) is 0 Å². The van der Waals surface area contributed by atoms with E-state index < -0.39 is 11.6 Å². The summed E-state index contributed by atoms with van der Waals surface area (Å²) in [6.07, 6.45) is 4.39. The van der Waals surface area contributed by atoms with Crippen LogP contribution < -0.4 is 10.6 Å². The van der Waals surface area contributed by atoms with E-state index in [1.165, 1.54) is 11.3 Å². The number of thiazole rings is 1. The molecule has 10 heteroatoms. The van der Waals surface area contributed by atoms with Gasteiger partial charge in [-0.1, -0.05) is 0 Å². The number of ether oxygens (including phenoxy) is 2. The Kier molecular flexibility index (Phi) is 7.19. The maximum absolute atomic E-state index is 13.7. The first-order chi connectivity index (χ1) is 17.4. The molecule has 1 saturated carbocycles. The van der Waals surface area contributed by atoms with Gasteiger partial charge in [0.1, 0.15) is 4.88 Å². The molecule has 4 saturated heterocycles. The van der Waals surface area contributed by atoms with Crippen molar-refractivity contribution in [1.82, 2.24) is 20.5 Å². The summed E-state index contributed by atoms with van der Waals surface area (Å²) < 4.78 is 12.3. The molecular weight excluding hydrogens is 492 g/mol. The Morgan fingerprint density at radius 3 is 2.54 bits per heavy atom. The molecule has 0 radical (unpaired) electrons. The highest BCUT2D eigenvalue weighted by molar-refractivity contribution is 7.13. The van der Waals surface area contributed by atoms with E-state index >= 15 is 0 Å². The molecule has 6 rings (SSSR count). The van der Waals surface area contributed by atoms with Crippen LogP contribution >= 0.6 is 11.3 Å². The average Bonchev–Trinajstić information content (AvgIpc) is 3.41. The first-order valence-corrected chi connectivity index (χ1v) is 14.4. The lowest BCUT2D eigenvalue weighted by molar-refractivity contribution is -0.159. The predicted octanol–water partition coefficient (Wildman–Crippen LogP) is 2.04. The number of rotatable bonds is 8. The summed E-state index contributed by atoms with van der Waals surface area (Å²) in [6, 6.07) is -0.585. The van der Waals surface area contributed by atoms with Gasteiger partial charge in [0.05, 0.1) is 53.7 Å². The van der Waals surface area contributed by atoms with E-state index in [-0.39, 0.29) is 34.7 Å². The number of fused-ring (bicyclic) bond motifs is 3. The zero-order valence-electron chi connectivity index (χ0n) is 22.8. The number of amides is 2. The van der Waals surface area contributed by atoms with Gasteiger partial charge < -0.3 is 30.1 Å². The van der Waals surface area contributed by atoms with E-state index in [0.717, 1.165) is 43.0 Å².